The number of nitrogens with one attached hydrogen (secondary N) is 1. The Morgan fingerprint density at radius 1 is 1.41 bits per heavy atom. The lowest BCUT2D eigenvalue weighted by Gasteiger charge is -2.09. The monoisotopic (exact) mass is 244 g/mol. The van der Waals surface area contributed by atoms with E-state index in [2.05, 4.69) is 10.1 Å². The van der Waals surface area contributed by atoms with Crippen LogP contribution in [0.3, 0.4) is 0 Å². The predicted molar refractivity (Wildman–Crippen MR) is 58.4 cm³/mol. The topological polar surface area (TPSA) is 64.3 Å². The number of hydrogen-bond donors (Lipinski definition) is 2. The van der Waals surface area contributed by atoms with Gasteiger partial charge in [0, 0.05) is 6.54 Å². The van der Waals surface area contributed by atoms with Crippen LogP contribution in [-0.4, -0.2) is 19.1 Å². The zero-order chi connectivity index (χ0) is 12.8. The van der Waals surface area contributed by atoms with Crippen molar-refractivity contribution in [3.8, 4) is 5.75 Å². The summed E-state index contributed by atoms with van der Waals surface area (Å²) in [4.78, 5) is 10.4. The van der Waals surface area contributed by atoms with Gasteiger partial charge in [-0.2, -0.15) is 0 Å². The van der Waals surface area contributed by atoms with E-state index in [1.165, 1.54) is 0 Å². The maximum atomic E-state index is 13.4. The molecule has 0 atom stereocenters. The highest BCUT2D eigenvalue weighted by molar-refractivity contribution is 5.75. The molecule has 94 valence electrons. The molecule has 0 aliphatic carbocycles. The number of ether oxygens (including phenoxy) is 1. The van der Waals surface area contributed by atoms with Crippen LogP contribution in [0, 0.1) is 11.6 Å². The zero-order valence-corrected chi connectivity index (χ0v) is 9.43. The van der Waals surface area contributed by atoms with Crippen LogP contribution in [-0.2, 0) is 11.3 Å². The Hall–Kier alpha value is -1.69. The van der Waals surface area contributed by atoms with Gasteiger partial charge in [0.15, 0.2) is 24.0 Å². The van der Waals surface area contributed by atoms with Crippen molar-refractivity contribution in [3.05, 3.63) is 29.3 Å². The Bertz CT molecular complexity index is 387. The number of rotatable bonds is 6. The molecule has 0 radical (unpaired) electrons. The van der Waals surface area contributed by atoms with E-state index < -0.39 is 29.9 Å². The van der Waals surface area contributed by atoms with E-state index in [1.54, 1.807) is 0 Å². The zero-order valence-electron chi connectivity index (χ0n) is 9.43. The summed E-state index contributed by atoms with van der Waals surface area (Å²) in [5.74, 6) is -3.07. The fourth-order valence-electron chi connectivity index (χ4n) is 1.26. The van der Waals surface area contributed by atoms with E-state index in [1.807, 2.05) is 6.92 Å². The summed E-state index contributed by atoms with van der Waals surface area (Å²) in [6, 6.07) is 2.31. The molecule has 0 heterocycles. The average Bonchev–Trinajstić information content (AvgIpc) is 2.24. The highest BCUT2D eigenvalue weighted by atomic mass is 19.1. The van der Waals surface area contributed by atoms with Gasteiger partial charge in [-0.05, 0) is 24.2 Å². The first-order valence-electron chi connectivity index (χ1n) is 5.14. The van der Waals surface area contributed by atoms with Crippen molar-refractivity contribution in [3.63, 3.8) is 0 Å². The first kappa shape index (κ1) is 13.4. The molecule has 0 saturated heterocycles. The summed E-state index contributed by atoms with van der Waals surface area (Å²) in [5, 5.41) is 2.94. The quantitative estimate of drug-likeness (QED) is 0.782. The van der Waals surface area contributed by atoms with E-state index in [4.69, 9.17) is 5.73 Å². The van der Waals surface area contributed by atoms with Crippen LogP contribution in [0.5, 0.6) is 5.75 Å². The van der Waals surface area contributed by atoms with Gasteiger partial charge in [-0.25, -0.2) is 8.78 Å². The molecule has 0 saturated carbocycles. The van der Waals surface area contributed by atoms with Gasteiger partial charge in [-0.15, -0.1) is 0 Å². The lowest BCUT2D eigenvalue weighted by Crippen LogP contribution is -2.21. The predicted octanol–water partition coefficient (Wildman–Crippen LogP) is 0.938. The van der Waals surface area contributed by atoms with Crippen molar-refractivity contribution >= 4 is 5.91 Å². The molecule has 1 amide bonds. The summed E-state index contributed by atoms with van der Waals surface area (Å²) in [5.41, 5.74) is 5.28. The Balaban J connectivity index is 2.82. The van der Waals surface area contributed by atoms with Crippen LogP contribution in [0.25, 0.3) is 0 Å². The Labute approximate surface area is 97.8 Å². The van der Waals surface area contributed by atoms with Crippen LogP contribution in [0.15, 0.2) is 12.1 Å². The second kappa shape index (κ2) is 6.15. The van der Waals surface area contributed by atoms with Crippen LogP contribution in [0.1, 0.15) is 12.5 Å². The maximum Gasteiger partial charge on any atom is 0.255 e. The molecule has 0 fully saturated rings. The van der Waals surface area contributed by atoms with Crippen molar-refractivity contribution in [1.29, 1.82) is 0 Å². The van der Waals surface area contributed by atoms with Gasteiger partial charge < -0.3 is 15.8 Å². The Kier molecular flexibility index (Phi) is 4.84. The Morgan fingerprint density at radius 2 is 2.00 bits per heavy atom. The van der Waals surface area contributed by atoms with Gasteiger partial charge in [-0.1, -0.05) is 6.92 Å². The van der Waals surface area contributed by atoms with Gasteiger partial charge in [0.2, 0.25) is 0 Å². The van der Waals surface area contributed by atoms with Gasteiger partial charge in [0.1, 0.15) is 0 Å². The van der Waals surface area contributed by atoms with Crippen molar-refractivity contribution in [2.45, 2.75) is 13.5 Å². The third-order valence-electron chi connectivity index (χ3n) is 2.00. The van der Waals surface area contributed by atoms with Crippen molar-refractivity contribution < 1.29 is 18.3 Å². The van der Waals surface area contributed by atoms with Gasteiger partial charge in [-0.3, -0.25) is 4.79 Å². The molecule has 0 unspecified atom stereocenters. The molecule has 0 bridgehead atoms. The smallest absolute Gasteiger partial charge is 0.255 e. The number of nitrogens with two attached hydrogens (primary N) is 1. The molecule has 1 aromatic carbocycles. The van der Waals surface area contributed by atoms with E-state index in [0.717, 1.165) is 12.1 Å². The Morgan fingerprint density at radius 3 is 2.47 bits per heavy atom. The number of amides is 1. The second-order valence-electron chi connectivity index (χ2n) is 3.42. The second-order valence-corrected chi connectivity index (χ2v) is 3.42. The maximum absolute atomic E-state index is 13.4. The molecular weight excluding hydrogens is 230 g/mol. The number of benzene rings is 1. The summed E-state index contributed by atoms with van der Waals surface area (Å²) in [6.07, 6.45) is 0. The molecule has 1 aromatic rings. The van der Waals surface area contributed by atoms with E-state index >= 15 is 0 Å². The van der Waals surface area contributed by atoms with Gasteiger partial charge in [0.05, 0.1) is 0 Å². The highest BCUT2D eigenvalue weighted by Crippen LogP contribution is 2.23. The molecule has 0 aliphatic rings. The normalized spacial score (nSPS) is 10.3. The van der Waals surface area contributed by atoms with Crippen molar-refractivity contribution in [2.24, 2.45) is 5.73 Å². The molecule has 4 nitrogen and oxygen atoms in total. The number of halogens is 2. The van der Waals surface area contributed by atoms with Crippen molar-refractivity contribution in [1.82, 2.24) is 5.32 Å². The number of primary amides is 1. The fourth-order valence-corrected chi connectivity index (χ4v) is 1.26. The summed E-state index contributed by atoms with van der Waals surface area (Å²) in [7, 11) is 0. The number of hydrogen-bond acceptors (Lipinski definition) is 3. The first-order valence-corrected chi connectivity index (χ1v) is 5.14. The van der Waals surface area contributed by atoms with Crippen molar-refractivity contribution in [2.75, 3.05) is 13.2 Å². The van der Waals surface area contributed by atoms with E-state index in [9.17, 15) is 13.6 Å². The van der Waals surface area contributed by atoms with Crippen LogP contribution >= 0.6 is 0 Å². The standard InChI is InChI=1S/C11H14F2N2O2/c1-2-15-5-7-3-8(12)11(9(13)4-7)17-6-10(14)16/h3-4,15H,2,5-6H2,1H3,(H2,14,16). The molecule has 1 rings (SSSR count). The molecule has 0 aromatic heterocycles. The average molecular weight is 244 g/mol. The summed E-state index contributed by atoms with van der Waals surface area (Å²) < 4.78 is 31.5. The number of carbonyl (C=O) groups excluding carboxylic acids is 1. The molecule has 0 spiro atoms. The van der Waals surface area contributed by atoms with E-state index in [-0.39, 0.29) is 0 Å². The van der Waals surface area contributed by atoms with Crippen LogP contribution in [0.4, 0.5) is 8.78 Å². The van der Waals surface area contributed by atoms with Crippen LogP contribution in [0.2, 0.25) is 0 Å². The number of carbonyl (C=O) groups is 1. The first-order chi connectivity index (χ1) is 8.04. The SMILES string of the molecule is CCNCc1cc(F)c(OCC(N)=O)c(F)c1. The van der Waals surface area contributed by atoms with Crippen LogP contribution < -0.4 is 15.8 Å². The highest BCUT2D eigenvalue weighted by Gasteiger charge is 2.13. The lowest BCUT2D eigenvalue weighted by molar-refractivity contribution is -0.120. The van der Waals surface area contributed by atoms with E-state index in [0.29, 0.717) is 18.7 Å². The molecular formula is C11H14F2N2O2. The molecule has 6 heteroatoms. The van der Waals surface area contributed by atoms with Gasteiger partial charge in [0.25, 0.3) is 5.91 Å². The summed E-state index contributed by atoms with van der Waals surface area (Å²) in [6.45, 7) is 2.39. The largest absolute Gasteiger partial charge is 0.478 e. The van der Waals surface area contributed by atoms with Gasteiger partial charge >= 0.3 is 0 Å². The minimum atomic E-state index is -0.848. The minimum Gasteiger partial charge on any atom is -0.478 e. The molecule has 0 aliphatic heterocycles. The third-order valence-corrected chi connectivity index (χ3v) is 2.00. The molecule has 3 N–H and O–H groups in total. The fraction of sp³-hybridized carbons (Fsp3) is 0.364. The minimum absolute atomic E-state index is 0.362. The third kappa shape index (κ3) is 3.99. The molecule has 17 heavy (non-hydrogen) atoms. The lowest BCUT2D eigenvalue weighted by atomic mass is 10.2. The summed E-state index contributed by atoms with van der Waals surface area (Å²) >= 11 is 0.